The Bertz CT molecular complexity index is 644. The first-order valence-corrected chi connectivity index (χ1v) is 10.3. The number of guanidine groups is 1. The Hall–Kier alpha value is -1.34. The fourth-order valence-corrected chi connectivity index (χ4v) is 2.90. The molecule has 0 aromatic carbocycles. The number of hydrogen-bond acceptors (Lipinski definition) is 5. The molecule has 0 atom stereocenters. The predicted octanol–water partition coefficient (Wildman–Crippen LogP) is 3.49. The van der Waals surface area contributed by atoms with E-state index in [0.29, 0.717) is 38.1 Å². The molecular weight excluding hydrogens is 528 g/mol. The number of aliphatic imine (C=N–C) groups is 1. The van der Waals surface area contributed by atoms with Gasteiger partial charge in [-0.25, -0.2) is 4.98 Å². The highest BCUT2D eigenvalue weighted by atomic mass is 127. The van der Waals surface area contributed by atoms with Crippen LogP contribution in [0, 0.1) is 5.92 Å². The first-order chi connectivity index (χ1) is 14.5. The van der Waals surface area contributed by atoms with Crippen LogP contribution >= 0.6 is 24.0 Å². The van der Waals surface area contributed by atoms with E-state index in [1.165, 1.54) is 12.3 Å². The summed E-state index contributed by atoms with van der Waals surface area (Å²) in [6, 6.07) is 2.18. The molecule has 0 saturated carbocycles. The number of nitrogens with zero attached hydrogens (tertiary/aromatic N) is 2. The van der Waals surface area contributed by atoms with E-state index in [4.69, 9.17) is 14.2 Å². The van der Waals surface area contributed by atoms with Crippen molar-refractivity contribution in [3.63, 3.8) is 0 Å². The lowest BCUT2D eigenvalue weighted by atomic mass is 10.0. The molecule has 2 N–H and O–H groups in total. The molecule has 1 aliphatic rings. The van der Waals surface area contributed by atoms with E-state index in [-0.39, 0.29) is 30.6 Å². The van der Waals surface area contributed by atoms with Crippen molar-refractivity contribution in [3.05, 3.63) is 23.9 Å². The molecule has 1 aromatic rings. The summed E-state index contributed by atoms with van der Waals surface area (Å²) >= 11 is 0. The highest BCUT2D eigenvalue weighted by Gasteiger charge is 2.34. The Kier molecular flexibility index (Phi) is 13.8. The Labute approximate surface area is 198 Å². The van der Waals surface area contributed by atoms with Crippen LogP contribution in [0.3, 0.4) is 0 Å². The third-order valence-electron chi connectivity index (χ3n) is 4.47. The Balaban J connectivity index is 0.00000480. The number of aromatic nitrogens is 1. The summed E-state index contributed by atoms with van der Waals surface area (Å²) in [4.78, 5) is 8.12. The maximum absolute atomic E-state index is 12.9. The SMILES string of the molecule is CCNC(=NCCCOCC1CCOCC1)NCCOc1ncccc1C(F)(F)F.I. The maximum Gasteiger partial charge on any atom is 0.421 e. The molecule has 0 spiro atoms. The van der Waals surface area contributed by atoms with Crippen LogP contribution < -0.4 is 15.4 Å². The smallest absolute Gasteiger partial charge is 0.421 e. The van der Waals surface area contributed by atoms with Crippen LogP contribution in [0.25, 0.3) is 0 Å². The zero-order chi connectivity index (χ0) is 21.7. The van der Waals surface area contributed by atoms with Crippen molar-refractivity contribution in [1.29, 1.82) is 0 Å². The fourth-order valence-electron chi connectivity index (χ4n) is 2.90. The van der Waals surface area contributed by atoms with Crippen LogP contribution in [-0.4, -0.2) is 63.6 Å². The van der Waals surface area contributed by atoms with Crippen molar-refractivity contribution in [2.45, 2.75) is 32.4 Å². The molecule has 0 radical (unpaired) electrons. The highest BCUT2D eigenvalue weighted by Crippen LogP contribution is 2.34. The molecule has 1 aromatic heterocycles. The van der Waals surface area contributed by atoms with Gasteiger partial charge in [-0.1, -0.05) is 0 Å². The lowest BCUT2D eigenvalue weighted by molar-refractivity contribution is -0.139. The average molecular weight is 560 g/mol. The number of pyridine rings is 1. The van der Waals surface area contributed by atoms with Gasteiger partial charge in [-0.15, -0.1) is 24.0 Å². The molecule has 31 heavy (non-hydrogen) atoms. The summed E-state index contributed by atoms with van der Waals surface area (Å²) in [5, 5.41) is 6.13. The van der Waals surface area contributed by atoms with Gasteiger partial charge >= 0.3 is 6.18 Å². The molecule has 1 fully saturated rings. The largest absolute Gasteiger partial charge is 0.475 e. The van der Waals surface area contributed by atoms with Crippen LogP contribution in [0.2, 0.25) is 0 Å². The number of halogens is 4. The first-order valence-electron chi connectivity index (χ1n) is 10.3. The Morgan fingerprint density at radius 2 is 2.03 bits per heavy atom. The number of alkyl halides is 3. The standard InChI is InChI=1S/C20H31F3N4O3.HI/c1-2-24-19(26-9-4-11-29-15-16-6-12-28-13-7-16)27-10-14-30-18-17(20(21,22)23)5-3-8-25-18;/h3,5,8,16H,2,4,6-7,9-15H2,1H3,(H2,24,26,27);1H. The van der Waals surface area contributed by atoms with Gasteiger partial charge in [0.2, 0.25) is 5.88 Å². The van der Waals surface area contributed by atoms with E-state index in [1.807, 2.05) is 6.92 Å². The van der Waals surface area contributed by atoms with Crippen molar-refractivity contribution in [1.82, 2.24) is 15.6 Å². The summed E-state index contributed by atoms with van der Waals surface area (Å²) in [7, 11) is 0. The Morgan fingerprint density at radius 3 is 2.74 bits per heavy atom. The zero-order valence-electron chi connectivity index (χ0n) is 17.7. The molecule has 7 nitrogen and oxygen atoms in total. The highest BCUT2D eigenvalue weighted by molar-refractivity contribution is 14.0. The quantitative estimate of drug-likeness (QED) is 0.187. The fraction of sp³-hybridized carbons (Fsp3) is 0.700. The number of rotatable bonds is 11. The molecule has 2 rings (SSSR count). The third-order valence-corrected chi connectivity index (χ3v) is 4.47. The lowest BCUT2D eigenvalue weighted by Crippen LogP contribution is -2.39. The molecule has 11 heteroatoms. The van der Waals surface area contributed by atoms with E-state index >= 15 is 0 Å². The topological polar surface area (TPSA) is 77.0 Å². The van der Waals surface area contributed by atoms with E-state index < -0.39 is 17.6 Å². The van der Waals surface area contributed by atoms with Crippen molar-refractivity contribution in [2.75, 3.05) is 52.7 Å². The van der Waals surface area contributed by atoms with Gasteiger partial charge < -0.3 is 24.8 Å². The van der Waals surface area contributed by atoms with Gasteiger partial charge in [0.15, 0.2) is 5.96 Å². The molecular formula is C20H32F3IN4O3. The van der Waals surface area contributed by atoms with Crippen LogP contribution in [0.1, 0.15) is 31.7 Å². The summed E-state index contributed by atoms with van der Waals surface area (Å²) in [6.45, 7) is 6.55. The first kappa shape index (κ1) is 27.7. The average Bonchev–Trinajstić information content (AvgIpc) is 2.74. The second-order valence-electron chi connectivity index (χ2n) is 6.87. The van der Waals surface area contributed by atoms with Gasteiger partial charge in [0.05, 0.1) is 6.54 Å². The second-order valence-corrected chi connectivity index (χ2v) is 6.87. The minimum absolute atomic E-state index is 0. The minimum atomic E-state index is -4.50. The Morgan fingerprint density at radius 1 is 1.26 bits per heavy atom. The molecule has 0 unspecified atom stereocenters. The van der Waals surface area contributed by atoms with Crippen molar-refractivity contribution >= 4 is 29.9 Å². The van der Waals surface area contributed by atoms with Crippen LogP contribution in [0.5, 0.6) is 5.88 Å². The van der Waals surface area contributed by atoms with Gasteiger partial charge in [0.25, 0.3) is 0 Å². The summed E-state index contributed by atoms with van der Waals surface area (Å²) < 4.78 is 55.1. The number of ether oxygens (including phenoxy) is 3. The van der Waals surface area contributed by atoms with Crippen LogP contribution in [-0.2, 0) is 15.7 Å². The van der Waals surface area contributed by atoms with Crippen LogP contribution in [0.4, 0.5) is 13.2 Å². The molecule has 1 saturated heterocycles. The van der Waals surface area contributed by atoms with Crippen LogP contribution in [0.15, 0.2) is 23.3 Å². The molecule has 0 amide bonds. The number of hydrogen-bond donors (Lipinski definition) is 2. The molecule has 2 heterocycles. The minimum Gasteiger partial charge on any atom is -0.475 e. The molecule has 178 valence electrons. The third kappa shape index (κ3) is 11.2. The molecule has 0 aliphatic carbocycles. The monoisotopic (exact) mass is 560 g/mol. The summed E-state index contributed by atoms with van der Waals surface area (Å²) in [6.07, 6.45) is -0.331. The van der Waals surface area contributed by atoms with E-state index in [9.17, 15) is 13.2 Å². The predicted molar refractivity (Wildman–Crippen MR) is 123 cm³/mol. The number of nitrogens with one attached hydrogen (secondary N) is 2. The van der Waals surface area contributed by atoms with Crippen molar-refractivity contribution < 1.29 is 27.4 Å². The summed E-state index contributed by atoms with van der Waals surface area (Å²) in [5.41, 5.74) is -0.883. The molecule has 0 bridgehead atoms. The van der Waals surface area contributed by atoms with Crippen molar-refractivity contribution in [3.8, 4) is 5.88 Å². The summed E-state index contributed by atoms with van der Waals surface area (Å²) in [5.74, 6) is 0.746. The van der Waals surface area contributed by atoms with Gasteiger partial charge in [-0.05, 0) is 44.2 Å². The van der Waals surface area contributed by atoms with Gasteiger partial charge in [0.1, 0.15) is 12.2 Å². The zero-order valence-corrected chi connectivity index (χ0v) is 20.1. The van der Waals surface area contributed by atoms with Gasteiger partial charge in [0, 0.05) is 45.7 Å². The normalized spacial score (nSPS) is 15.3. The maximum atomic E-state index is 12.9. The van der Waals surface area contributed by atoms with Crippen molar-refractivity contribution in [2.24, 2.45) is 10.9 Å². The second kappa shape index (κ2) is 15.5. The van der Waals surface area contributed by atoms with Gasteiger partial charge in [-0.2, -0.15) is 13.2 Å². The van der Waals surface area contributed by atoms with E-state index in [1.54, 1.807) is 0 Å². The van der Waals surface area contributed by atoms with E-state index in [0.717, 1.165) is 45.1 Å². The molecule has 1 aliphatic heterocycles. The lowest BCUT2D eigenvalue weighted by Gasteiger charge is -2.21. The van der Waals surface area contributed by atoms with Gasteiger partial charge in [-0.3, -0.25) is 4.99 Å². The van der Waals surface area contributed by atoms with E-state index in [2.05, 4.69) is 20.6 Å².